The van der Waals surface area contributed by atoms with Gasteiger partial charge in [0.2, 0.25) is 0 Å². The van der Waals surface area contributed by atoms with E-state index in [0.717, 1.165) is 34.8 Å². The van der Waals surface area contributed by atoms with Crippen molar-refractivity contribution in [2.24, 2.45) is 0 Å². The van der Waals surface area contributed by atoms with Crippen LogP contribution in [0, 0.1) is 11.3 Å². The van der Waals surface area contributed by atoms with Crippen molar-refractivity contribution in [2.45, 2.75) is 38.8 Å². The second-order valence-electron chi connectivity index (χ2n) is 8.22. The lowest BCUT2D eigenvalue weighted by Crippen LogP contribution is -2.25. The first-order valence-electron chi connectivity index (χ1n) is 10.8. The third-order valence-electron chi connectivity index (χ3n) is 5.53. The van der Waals surface area contributed by atoms with E-state index in [9.17, 15) is 9.81 Å². The van der Waals surface area contributed by atoms with E-state index in [1.54, 1.807) is 17.6 Å². The van der Waals surface area contributed by atoms with E-state index in [2.05, 4.69) is 34.6 Å². The summed E-state index contributed by atoms with van der Waals surface area (Å²) >= 11 is 0.868. The summed E-state index contributed by atoms with van der Waals surface area (Å²) in [6.07, 6.45) is 5.76. The van der Waals surface area contributed by atoms with Gasteiger partial charge in [-0.2, -0.15) is 5.26 Å². The van der Waals surface area contributed by atoms with Gasteiger partial charge in [-0.05, 0) is 61.6 Å². The van der Waals surface area contributed by atoms with Crippen molar-refractivity contribution in [3.63, 3.8) is 0 Å². The maximum atomic E-state index is 11.4. The highest BCUT2D eigenvalue weighted by atomic mass is 32.2. The molecule has 0 amide bonds. The third-order valence-corrected chi connectivity index (χ3v) is 7.39. The van der Waals surface area contributed by atoms with Crippen LogP contribution in [0.15, 0.2) is 42.6 Å². The number of nitriles is 1. The SMILES string of the molecule is CC(C)Oc1ccc(-c2ncc(-c3cccc4c3CCC4NCC[S+](C)[O-])s2)cc1C#N. The van der Waals surface area contributed by atoms with E-state index in [4.69, 9.17) is 4.74 Å². The Kier molecular flexibility index (Phi) is 7.17. The molecular formula is C25H27N3O2S2. The van der Waals surface area contributed by atoms with E-state index in [-0.39, 0.29) is 6.10 Å². The number of nitrogens with zero attached hydrogens (tertiary/aromatic N) is 2. The topological polar surface area (TPSA) is 81.0 Å². The number of hydrogen-bond donors (Lipinski definition) is 1. The van der Waals surface area contributed by atoms with Crippen LogP contribution < -0.4 is 10.1 Å². The Hall–Kier alpha value is -2.37. The van der Waals surface area contributed by atoms with Crippen molar-refractivity contribution in [3.8, 4) is 32.8 Å². The van der Waals surface area contributed by atoms with Crippen LogP contribution in [0.4, 0.5) is 0 Å². The fraction of sp³-hybridized carbons (Fsp3) is 0.360. The van der Waals surface area contributed by atoms with Gasteiger partial charge in [0, 0.05) is 24.3 Å². The molecule has 0 fully saturated rings. The van der Waals surface area contributed by atoms with E-state index < -0.39 is 11.2 Å². The van der Waals surface area contributed by atoms with Crippen molar-refractivity contribution in [1.29, 1.82) is 5.26 Å². The second kappa shape index (κ2) is 10.1. The highest BCUT2D eigenvalue weighted by Crippen LogP contribution is 2.41. The molecule has 1 heterocycles. The van der Waals surface area contributed by atoms with Crippen molar-refractivity contribution in [2.75, 3.05) is 18.6 Å². The molecule has 1 aliphatic rings. The minimum absolute atomic E-state index is 0.0158. The minimum atomic E-state index is -0.777. The molecule has 32 heavy (non-hydrogen) atoms. The normalized spacial score (nSPS) is 16.1. The number of fused-ring (bicyclic) bond motifs is 1. The molecule has 0 spiro atoms. The molecule has 2 aromatic carbocycles. The number of ether oxygens (including phenoxy) is 1. The Morgan fingerprint density at radius 1 is 1.34 bits per heavy atom. The van der Waals surface area contributed by atoms with Crippen molar-refractivity contribution in [3.05, 3.63) is 59.3 Å². The zero-order valence-electron chi connectivity index (χ0n) is 18.6. The van der Waals surface area contributed by atoms with Crippen LogP contribution >= 0.6 is 11.3 Å². The summed E-state index contributed by atoms with van der Waals surface area (Å²) in [6, 6.07) is 14.7. The Morgan fingerprint density at radius 3 is 2.94 bits per heavy atom. The van der Waals surface area contributed by atoms with Gasteiger partial charge in [0.1, 0.15) is 22.6 Å². The largest absolute Gasteiger partial charge is 0.617 e. The van der Waals surface area contributed by atoms with Crippen molar-refractivity contribution < 1.29 is 9.29 Å². The van der Waals surface area contributed by atoms with Gasteiger partial charge in [-0.25, -0.2) is 4.98 Å². The van der Waals surface area contributed by atoms with Gasteiger partial charge in [-0.1, -0.05) is 29.4 Å². The van der Waals surface area contributed by atoms with E-state index in [1.165, 1.54) is 16.7 Å². The summed E-state index contributed by atoms with van der Waals surface area (Å²) in [7, 11) is 0. The molecule has 4 rings (SSSR count). The molecular weight excluding hydrogens is 438 g/mol. The van der Waals surface area contributed by atoms with Gasteiger partial charge in [0.15, 0.2) is 0 Å². The summed E-state index contributed by atoms with van der Waals surface area (Å²) in [6.45, 7) is 4.66. The first-order chi connectivity index (χ1) is 15.5. The zero-order valence-corrected chi connectivity index (χ0v) is 20.2. The van der Waals surface area contributed by atoms with Crippen molar-refractivity contribution >= 4 is 22.5 Å². The van der Waals surface area contributed by atoms with Gasteiger partial charge in [0.05, 0.1) is 22.8 Å². The monoisotopic (exact) mass is 465 g/mol. The quantitative estimate of drug-likeness (QED) is 0.469. The first-order valence-corrected chi connectivity index (χ1v) is 13.3. The van der Waals surface area contributed by atoms with Crippen molar-refractivity contribution in [1.82, 2.24) is 10.3 Å². The third kappa shape index (κ3) is 5.00. The molecule has 2 atom stereocenters. The van der Waals surface area contributed by atoms with Crippen LogP contribution in [-0.2, 0) is 17.6 Å². The maximum absolute atomic E-state index is 11.4. The molecule has 1 N–H and O–H groups in total. The van der Waals surface area contributed by atoms with Gasteiger partial charge >= 0.3 is 0 Å². The molecule has 2 unspecified atom stereocenters. The Labute approximate surface area is 196 Å². The molecule has 0 saturated heterocycles. The predicted molar refractivity (Wildman–Crippen MR) is 131 cm³/mol. The van der Waals surface area contributed by atoms with Gasteiger partial charge < -0.3 is 14.6 Å². The first kappa shape index (κ1) is 22.8. The molecule has 166 valence electrons. The molecule has 7 heteroatoms. The lowest BCUT2D eigenvalue weighted by Gasteiger charge is -2.15. The summed E-state index contributed by atoms with van der Waals surface area (Å²) in [5.41, 5.74) is 5.39. The fourth-order valence-electron chi connectivity index (χ4n) is 4.11. The molecule has 0 bridgehead atoms. The summed E-state index contributed by atoms with van der Waals surface area (Å²) in [5.74, 6) is 1.28. The lowest BCUT2D eigenvalue weighted by atomic mass is 10.0. The molecule has 1 aromatic heterocycles. The predicted octanol–water partition coefficient (Wildman–Crippen LogP) is 5.09. The minimum Gasteiger partial charge on any atom is -0.617 e. The van der Waals surface area contributed by atoms with E-state index >= 15 is 0 Å². The molecule has 0 aliphatic heterocycles. The average Bonchev–Trinajstić information content (AvgIpc) is 3.41. The van der Waals surface area contributed by atoms with E-state index in [0.29, 0.717) is 23.1 Å². The maximum Gasteiger partial charge on any atom is 0.137 e. The standard InChI is InChI=1S/C25H27N3O2S2/c1-16(2)30-23-10-7-17(13-18(23)14-26)25-28-15-24(31-25)21-6-4-5-20-19(21)8-9-22(20)27-11-12-32(3)29/h4-7,10,13,15-16,22,27H,8-9,11-12H2,1-3H3. The number of benzene rings is 2. The van der Waals surface area contributed by atoms with Crippen LogP contribution in [0.1, 0.15) is 43.0 Å². The van der Waals surface area contributed by atoms with Crippen LogP contribution in [0.5, 0.6) is 5.75 Å². The molecule has 1 aliphatic carbocycles. The average molecular weight is 466 g/mol. The molecule has 5 nitrogen and oxygen atoms in total. The Bertz CT molecular complexity index is 1130. The van der Waals surface area contributed by atoms with Gasteiger partial charge in [-0.15, -0.1) is 11.3 Å². The van der Waals surface area contributed by atoms with Gasteiger partial charge in [-0.3, -0.25) is 0 Å². The highest BCUT2D eigenvalue weighted by molar-refractivity contribution is 7.90. The smallest absolute Gasteiger partial charge is 0.137 e. The molecule has 3 aromatic rings. The van der Waals surface area contributed by atoms with Crippen LogP contribution in [-0.4, -0.2) is 34.2 Å². The second-order valence-corrected chi connectivity index (χ2v) is 10.8. The van der Waals surface area contributed by atoms with Crippen LogP contribution in [0.3, 0.4) is 0 Å². The van der Waals surface area contributed by atoms with Crippen LogP contribution in [0.25, 0.3) is 21.0 Å². The summed E-state index contributed by atoms with van der Waals surface area (Å²) in [5, 5.41) is 14.0. The summed E-state index contributed by atoms with van der Waals surface area (Å²) < 4.78 is 17.1. The number of thiazole rings is 1. The Balaban J connectivity index is 1.58. The number of rotatable bonds is 8. The number of hydrogen-bond acceptors (Lipinski definition) is 6. The molecule has 0 radical (unpaired) electrons. The molecule has 0 saturated carbocycles. The zero-order chi connectivity index (χ0) is 22.7. The Morgan fingerprint density at radius 2 is 2.19 bits per heavy atom. The number of nitrogens with one attached hydrogen (secondary N) is 1. The van der Waals surface area contributed by atoms with Crippen LogP contribution in [0.2, 0.25) is 0 Å². The van der Waals surface area contributed by atoms with Gasteiger partial charge in [0.25, 0.3) is 0 Å². The highest BCUT2D eigenvalue weighted by Gasteiger charge is 2.25. The number of aromatic nitrogens is 1. The van der Waals surface area contributed by atoms with E-state index in [1.807, 2.05) is 38.2 Å². The fourth-order valence-corrected chi connectivity index (χ4v) is 5.48. The summed E-state index contributed by atoms with van der Waals surface area (Å²) in [4.78, 5) is 5.79. The lowest BCUT2D eigenvalue weighted by molar-refractivity contribution is 0.242.